The van der Waals surface area contributed by atoms with Crippen LogP contribution in [-0.2, 0) is 0 Å². The molecule has 2 aromatic heterocycles. The number of amides is 1. The molecule has 0 bridgehead atoms. The minimum atomic E-state index is -0.820. The Balaban J connectivity index is 1.26. The molecule has 8 heteroatoms. The van der Waals surface area contributed by atoms with E-state index in [0.717, 1.165) is 46.9 Å². The first-order valence-electron chi connectivity index (χ1n) is 13.6. The number of carbonyl (C=O) groups is 1. The zero-order chi connectivity index (χ0) is 27.0. The first-order chi connectivity index (χ1) is 18.8. The summed E-state index contributed by atoms with van der Waals surface area (Å²) in [4.78, 5) is 22.2. The number of carbonyl (C=O) groups excluding carboxylic acids is 1. The highest BCUT2D eigenvalue weighted by molar-refractivity contribution is 9.10. The van der Waals surface area contributed by atoms with E-state index in [2.05, 4.69) is 37.3 Å². The Bertz CT molecular complexity index is 1450. The molecule has 3 heterocycles. The molecule has 3 aromatic rings. The van der Waals surface area contributed by atoms with Gasteiger partial charge in [0.1, 0.15) is 17.0 Å². The summed E-state index contributed by atoms with van der Waals surface area (Å²) in [7, 11) is 0. The van der Waals surface area contributed by atoms with Gasteiger partial charge in [-0.15, -0.1) is 0 Å². The van der Waals surface area contributed by atoms with Gasteiger partial charge in [-0.3, -0.25) is 4.79 Å². The van der Waals surface area contributed by atoms with Crippen LogP contribution in [0.4, 0.5) is 0 Å². The van der Waals surface area contributed by atoms with E-state index in [0.29, 0.717) is 24.9 Å². The van der Waals surface area contributed by atoms with Crippen LogP contribution in [-0.4, -0.2) is 44.3 Å². The predicted molar refractivity (Wildman–Crippen MR) is 155 cm³/mol. The number of nitrogens with two attached hydrogens (primary N) is 1. The fourth-order valence-electron chi connectivity index (χ4n) is 6.16. The number of rotatable bonds is 7. The maximum absolute atomic E-state index is 13.4. The van der Waals surface area contributed by atoms with Gasteiger partial charge in [0.25, 0.3) is 5.91 Å². The van der Waals surface area contributed by atoms with Crippen molar-refractivity contribution in [3.8, 4) is 5.75 Å². The lowest BCUT2D eigenvalue weighted by Gasteiger charge is -2.48. The predicted octanol–water partition coefficient (Wildman–Crippen LogP) is 5.33. The number of benzene rings is 1. The smallest absolute Gasteiger partial charge is 0.270 e. The van der Waals surface area contributed by atoms with Crippen molar-refractivity contribution in [1.29, 1.82) is 0 Å². The van der Waals surface area contributed by atoms with Gasteiger partial charge in [-0.05, 0) is 98.9 Å². The lowest BCUT2D eigenvalue weighted by atomic mass is 9.69. The average molecular weight is 590 g/mol. The summed E-state index contributed by atoms with van der Waals surface area (Å²) in [5.41, 5.74) is 7.78. The lowest BCUT2D eigenvalue weighted by Crippen LogP contribution is -2.52. The van der Waals surface area contributed by atoms with E-state index in [1.165, 1.54) is 0 Å². The SMILES string of the molecule is N[C@@]1(CC(NC(=O)c2ccc3cccnc3n2)[C@H](O)C[C@H]2CC3(CCC3)Oc3ccc(Br)cc32)C=CC=CC1. The van der Waals surface area contributed by atoms with Crippen LogP contribution in [0.5, 0.6) is 5.75 Å². The summed E-state index contributed by atoms with van der Waals surface area (Å²) in [6, 6.07) is 12.8. The van der Waals surface area contributed by atoms with Gasteiger partial charge in [0.2, 0.25) is 0 Å². The maximum atomic E-state index is 13.4. The van der Waals surface area contributed by atoms with Gasteiger partial charge in [-0.2, -0.15) is 0 Å². The second kappa shape index (κ2) is 10.5. The van der Waals surface area contributed by atoms with Gasteiger partial charge in [0, 0.05) is 21.6 Å². The van der Waals surface area contributed by atoms with Crippen molar-refractivity contribution < 1.29 is 14.6 Å². The summed E-state index contributed by atoms with van der Waals surface area (Å²) < 4.78 is 7.44. The molecule has 0 saturated heterocycles. The topological polar surface area (TPSA) is 110 Å². The van der Waals surface area contributed by atoms with E-state index in [-0.39, 0.29) is 23.1 Å². The number of nitrogens with one attached hydrogen (secondary N) is 1. The average Bonchev–Trinajstić information content (AvgIpc) is 2.92. The van der Waals surface area contributed by atoms with Crippen LogP contribution < -0.4 is 15.8 Å². The highest BCUT2D eigenvalue weighted by Crippen LogP contribution is 2.51. The fraction of sp³-hybridized carbons (Fsp3) is 0.387. The fourth-order valence-corrected chi connectivity index (χ4v) is 6.53. The third kappa shape index (κ3) is 5.51. The molecule has 0 radical (unpaired) electrons. The standard InChI is InChI=1S/C31H33BrN4O3/c32-22-8-10-27-23(17-22)21(18-31(39-27)13-5-14-31)16-26(37)25(19-30(33)11-2-1-3-12-30)36-29(38)24-9-7-20-6-4-15-34-28(20)35-24/h1-4,6-11,15,17,21,25-26,37H,5,12-14,16,18-19,33H2,(H,36,38)/t21-,25?,26+,30-/m0/s1. The monoisotopic (exact) mass is 588 g/mol. The number of pyridine rings is 2. The number of ether oxygens (including phenoxy) is 1. The summed E-state index contributed by atoms with van der Waals surface area (Å²) >= 11 is 3.60. The van der Waals surface area contributed by atoms with Crippen LogP contribution >= 0.6 is 15.9 Å². The molecule has 39 heavy (non-hydrogen) atoms. The van der Waals surface area contributed by atoms with Crippen molar-refractivity contribution >= 4 is 32.9 Å². The van der Waals surface area contributed by atoms with Crippen LogP contribution in [0, 0.1) is 0 Å². The number of halogens is 1. The van der Waals surface area contributed by atoms with Crippen LogP contribution in [0.2, 0.25) is 0 Å². The number of hydrogen-bond acceptors (Lipinski definition) is 6. The van der Waals surface area contributed by atoms with E-state index in [9.17, 15) is 9.90 Å². The normalized spacial score (nSPS) is 24.4. The van der Waals surface area contributed by atoms with Crippen molar-refractivity contribution in [1.82, 2.24) is 15.3 Å². The summed E-state index contributed by atoms with van der Waals surface area (Å²) in [5, 5.41) is 15.7. The molecule has 1 fully saturated rings. The molecular weight excluding hydrogens is 556 g/mol. The Morgan fingerprint density at radius 3 is 2.87 bits per heavy atom. The summed E-state index contributed by atoms with van der Waals surface area (Å²) in [6.45, 7) is 0. The molecule has 1 amide bonds. The van der Waals surface area contributed by atoms with Crippen molar-refractivity contribution in [3.63, 3.8) is 0 Å². The van der Waals surface area contributed by atoms with E-state index in [1.54, 1.807) is 12.3 Å². The third-order valence-electron chi connectivity index (χ3n) is 8.40. The number of aromatic nitrogens is 2. The third-order valence-corrected chi connectivity index (χ3v) is 8.89. The minimum Gasteiger partial charge on any atom is -0.487 e. The largest absolute Gasteiger partial charge is 0.487 e. The molecule has 6 rings (SSSR count). The second-order valence-electron chi connectivity index (χ2n) is 11.3. The number of aliphatic hydroxyl groups excluding tert-OH is 1. The van der Waals surface area contributed by atoms with Gasteiger partial charge in [0.15, 0.2) is 5.65 Å². The van der Waals surface area contributed by atoms with Gasteiger partial charge < -0.3 is 20.9 Å². The quantitative estimate of drug-likeness (QED) is 0.344. The first-order valence-corrected chi connectivity index (χ1v) is 14.4. The van der Waals surface area contributed by atoms with E-state index in [1.807, 2.05) is 54.6 Å². The highest BCUT2D eigenvalue weighted by atomic mass is 79.9. The lowest BCUT2D eigenvalue weighted by molar-refractivity contribution is -0.0394. The molecule has 3 aliphatic rings. The van der Waals surface area contributed by atoms with Crippen LogP contribution in [0.15, 0.2) is 77.4 Å². The van der Waals surface area contributed by atoms with Gasteiger partial charge in [0.05, 0.1) is 12.1 Å². The zero-order valence-corrected chi connectivity index (χ0v) is 23.3. The van der Waals surface area contributed by atoms with E-state index in [4.69, 9.17) is 10.5 Å². The first kappa shape index (κ1) is 26.2. The van der Waals surface area contributed by atoms with Gasteiger partial charge >= 0.3 is 0 Å². The molecule has 1 spiro atoms. The molecule has 202 valence electrons. The molecule has 1 aliphatic heterocycles. The molecule has 7 nitrogen and oxygen atoms in total. The maximum Gasteiger partial charge on any atom is 0.270 e. The molecule has 2 aliphatic carbocycles. The summed E-state index contributed by atoms with van der Waals surface area (Å²) in [6.07, 6.45) is 14.3. The number of allylic oxidation sites excluding steroid dienone is 2. The number of fused-ring (bicyclic) bond motifs is 2. The molecular formula is C31H33BrN4O3. The summed E-state index contributed by atoms with van der Waals surface area (Å²) in [5.74, 6) is 0.640. The Morgan fingerprint density at radius 2 is 2.10 bits per heavy atom. The zero-order valence-electron chi connectivity index (χ0n) is 21.7. The Labute approximate surface area is 236 Å². The number of hydrogen-bond donors (Lipinski definition) is 3. The minimum absolute atomic E-state index is 0.0967. The Morgan fingerprint density at radius 1 is 1.23 bits per heavy atom. The van der Waals surface area contributed by atoms with Crippen molar-refractivity contribution in [2.24, 2.45) is 5.73 Å². The van der Waals surface area contributed by atoms with Crippen LogP contribution in [0.25, 0.3) is 11.0 Å². The molecule has 1 aromatic carbocycles. The van der Waals surface area contributed by atoms with Crippen LogP contribution in [0.3, 0.4) is 0 Å². The molecule has 4 atom stereocenters. The van der Waals surface area contributed by atoms with E-state index < -0.39 is 17.7 Å². The number of nitrogens with zero attached hydrogens (tertiary/aromatic N) is 2. The molecule has 4 N–H and O–H groups in total. The van der Waals surface area contributed by atoms with Crippen molar-refractivity contribution in [2.45, 2.75) is 74.1 Å². The number of aliphatic hydroxyl groups is 1. The second-order valence-corrected chi connectivity index (χ2v) is 12.2. The Hall–Kier alpha value is -3.07. The molecule has 1 unspecified atom stereocenters. The van der Waals surface area contributed by atoms with Crippen LogP contribution in [0.1, 0.15) is 66.9 Å². The Kier molecular flexibility index (Phi) is 7.04. The van der Waals surface area contributed by atoms with Crippen molar-refractivity contribution in [2.75, 3.05) is 0 Å². The van der Waals surface area contributed by atoms with Crippen molar-refractivity contribution in [3.05, 3.63) is 88.7 Å². The van der Waals surface area contributed by atoms with Gasteiger partial charge in [-0.25, -0.2) is 9.97 Å². The van der Waals surface area contributed by atoms with E-state index >= 15 is 0 Å². The van der Waals surface area contributed by atoms with Gasteiger partial charge in [-0.1, -0.05) is 40.2 Å². The molecule has 1 saturated carbocycles. The highest BCUT2D eigenvalue weighted by Gasteiger charge is 2.46.